The van der Waals surface area contributed by atoms with E-state index >= 15 is 0 Å². The summed E-state index contributed by atoms with van der Waals surface area (Å²) in [5.74, 6) is -0.421. The molecule has 2 rings (SSSR count). The monoisotopic (exact) mass is 424 g/mol. The minimum atomic E-state index is -0.480. The van der Waals surface area contributed by atoms with Gasteiger partial charge in [-0.15, -0.1) is 0 Å². The molecule has 0 aliphatic heterocycles. The molecule has 2 aromatic rings. The zero-order valence-electron chi connectivity index (χ0n) is 13.2. The molecule has 0 spiro atoms. The molecular formula is C19H15BrClFO3. The van der Waals surface area contributed by atoms with Crippen molar-refractivity contribution in [3.63, 3.8) is 0 Å². The van der Waals surface area contributed by atoms with E-state index in [2.05, 4.69) is 22.5 Å². The number of ether oxygens (including phenoxy) is 2. The van der Waals surface area contributed by atoms with Gasteiger partial charge in [0.05, 0.1) is 9.50 Å². The van der Waals surface area contributed by atoms with Crippen LogP contribution in [0, 0.1) is 5.82 Å². The van der Waals surface area contributed by atoms with Gasteiger partial charge >= 0.3 is 5.97 Å². The summed E-state index contributed by atoms with van der Waals surface area (Å²) in [7, 11) is 0. The predicted octanol–water partition coefficient (Wildman–Crippen LogP) is 5.56. The Bertz CT molecular complexity index is 782. The summed E-state index contributed by atoms with van der Waals surface area (Å²) in [6.45, 7) is 3.67. The summed E-state index contributed by atoms with van der Waals surface area (Å²) in [6, 6.07) is 9.73. The van der Waals surface area contributed by atoms with E-state index in [0.717, 1.165) is 0 Å². The van der Waals surface area contributed by atoms with Gasteiger partial charge in [-0.2, -0.15) is 0 Å². The second-order valence-electron chi connectivity index (χ2n) is 4.95. The van der Waals surface area contributed by atoms with Crippen LogP contribution in [-0.2, 0) is 16.1 Å². The Morgan fingerprint density at radius 1 is 1.32 bits per heavy atom. The zero-order chi connectivity index (χ0) is 18.2. The van der Waals surface area contributed by atoms with Gasteiger partial charge in [0, 0.05) is 11.6 Å². The van der Waals surface area contributed by atoms with Gasteiger partial charge in [-0.3, -0.25) is 0 Å². The lowest BCUT2D eigenvalue weighted by atomic mass is 10.2. The third kappa shape index (κ3) is 5.73. The second kappa shape index (κ2) is 9.39. The first-order chi connectivity index (χ1) is 12.0. The van der Waals surface area contributed by atoms with Gasteiger partial charge in [0.1, 0.15) is 19.0 Å². The van der Waals surface area contributed by atoms with Gasteiger partial charge in [0.15, 0.2) is 5.75 Å². The number of rotatable bonds is 7. The lowest BCUT2D eigenvalue weighted by molar-refractivity contribution is -0.136. The summed E-state index contributed by atoms with van der Waals surface area (Å²) in [5, 5.41) is 0.338. The molecule has 0 saturated carbocycles. The van der Waals surface area contributed by atoms with Crippen LogP contribution in [0.2, 0.25) is 5.02 Å². The van der Waals surface area contributed by atoms with Crippen molar-refractivity contribution in [1.82, 2.24) is 0 Å². The van der Waals surface area contributed by atoms with E-state index in [9.17, 15) is 9.18 Å². The molecule has 0 bridgehead atoms. The van der Waals surface area contributed by atoms with Crippen LogP contribution in [0.3, 0.4) is 0 Å². The molecular weight excluding hydrogens is 411 g/mol. The number of benzene rings is 2. The second-order valence-corrected chi connectivity index (χ2v) is 6.21. The number of carbonyl (C=O) groups excluding carboxylic acids is 1. The molecule has 3 nitrogen and oxygen atoms in total. The number of esters is 1. The normalized spacial score (nSPS) is 10.7. The molecule has 0 aromatic heterocycles. The zero-order valence-corrected chi connectivity index (χ0v) is 15.5. The molecule has 0 saturated heterocycles. The highest BCUT2D eigenvalue weighted by molar-refractivity contribution is 9.10. The van der Waals surface area contributed by atoms with Crippen LogP contribution in [-0.4, -0.2) is 12.6 Å². The van der Waals surface area contributed by atoms with Crippen molar-refractivity contribution < 1.29 is 18.7 Å². The molecule has 0 fully saturated rings. The standard InChI is InChI=1S/C19H15BrClFO3/c1-2-9-24-18(23)8-7-13-10-15(20)19(16(21)11-13)25-12-14-5-3-4-6-17(14)22/h2-8,10-11H,1,9,12H2/b8-7+. The van der Waals surface area contributed by atoms with Crippen LogP contribution in [0.15, 0.2) is 59.6 Å². The summed E-state index contributed by atoms with van der Waals surface area (Å²) >= 11 is 9.60. The van der Waals surface area contributed by atoms with Gasteiger partial charge < -0.3 is 9.47 Å². The molecule has 0 amide bonds. The molecule has 0 unspecified atom stereocenters. The third-order valence-electron chi connectivity index (χ3n) is 3.11. The Morgan fingerprint density at radius 2 is 2.08 bits per heavy atom. The Balaban J connectivity index is 2.09. The highest BCUT2D eigenvalue weighted by Gasteiger charge is 2.10. The van der Waals surface area contributed by atoms with E-state index in [1.54, 1.807) is 36.4 Å². The van der Waals surface area contributed by atoms with Crippen molar-refractivity contribution in [2.75, 3.05) is 6.61 Å². The number of hydrogen-bond acceptors (Lipinski definition) is 3. The Morgan fingerprint density at radius 3 is 2.76 bits per heavy atom. The van der Waals surface area contributed by atoms with Gasteiger partial charge in [0.25, 0.3) is 0 Å². The summed E-state index contributed by atoms with van der Waals surface area (Å²) < 4.78 is 24.7. The molecule has 0 atom stereocenters. The molecule has 130 valence electrons. The Kier molecular flexibility index (Phi) is 7.22. The first-order valence-electron chi connectivity index (χ1n) is 7.32. The van der Waals surface area contributed by atoms with E-state index in [1.165, 1.54) is 18.2 Å². The summed E-state index contributed by atoms with van der Waals surface area (Å²) in [4.78, 5) is 11.4. The van der Waals surface area contributed by atoms with Crippen LogP contribution in [0.4, 0.5) is 4.39 Å². The average Bonchev–Trinajstić information content (AvgIpc) is 2.59. The van der Waals surface area contributed by atoms with Gasteiger partial charge in [-0.25, -0.2) is 9.18 Å². The van der Waals surface area contributed by atoms with E-state index in [0.29, 0.717) is 26.4 Å². The summed E-state index contributed by atoms with van der Waals surface area (Å²) in [5.41, 5.74) is 1.12. The molecule has 0 N–H and O–H groups in total. The number of carbonyl (C=O) groups is 1. The maximum atomic E-state index is 13.6. The molecule has 0 aliphatic carbocycles. The molecule has 0 aliphatic rings. The van der Waals surface area contributed by atoms with Gasteiger partial charge in [-0.05, 0) is 45.8 Å². The van der Waals surface area contributed by atoms with Crippen molar-refractivity contribution >= 4 is 39.6 Å². The fourth-order valence-corrected chi connectivity index (χ4v) is 2.92. The number of hydrogen-bond donors (Lipinski definition) is 0. The van der Waals surface area contributed by atoms with E-state index in [1.807, 2.05) is 0 Å². The highest BCUT2D eigenvalue weighted by Crippen LogP contribution is 2.35. The fraction of sp³-hybridized carbons (Fsp3) is 0.105. The third-order valence-corrected chi connectivity index (χ3v) is 3.98. The van der Waals surface area contributed by atoms with Crippen molar-refractivity contribution in [2.24, 2.45) is 0 Å². The minimum Gasteiger partial charge on any atom is -0.486 e. The van der Waals surface area contributed by atoms with Crippen LogP contribution < -0.4 is 4.74 Å². The number of halogens is 3. The van der Waals surface area contributed by atoms with Crippen molar-refractivity contribution in [2.45, 2.75) is 6.61 Å². The largest absolute Gasteiger partial charge is 0.486 e. The molecule has 2 aromatic carbocycles. The lowest BCUT2D eigenvalue weighted by Gasteiger charge is -2.11. The lowest BCUT2D eigenvalue weighted by Crippen LogP contribution is -2.00. The van der Waals surface area contributed by atoms with Crippen LogP contribution in [0.1, 0.15) is 11.1 Å². The van der Waals surface area contributed by atoms with Crippen LogP contribution in [0.25, 0.3) is 6.08 Å². The maximum absolute atomic E-state index is 13.6. The molecule has 0 heterocycles. The van der Waals surface area contributed by atoms with E-state index < -0.39 is 5.97 Å². The van der Waals surface area contributed by atoms with Crippen molar-refractivity contribution in [1.29, 1.82) is 0 Å². The average molecular weight is 426 g/mol. The predicted molar refractivity (Wildman–Crippen MR) is 100 cm³/mol. The van der Waals surface area contributed by atoms with Gasteiger partial charge in [0.2, 0.25) is 0 Å². The van der Waals surface area contributed by atoms with Crippen LogP contribution in [0.5, 0.6) is 5.75 Å². The minimum absolute atomic E-state index is 0.0497. The molecule has 0 radical (unpaired) electrons. The van der Waals surface area contributed by atoms with E-state index in [-0.39, 0.29) is 19.0 Å². The maximum Gasteiger partial charge on any atom is 0.331 e. The quantitative estimate of drug-likeness (QED) is 0.331. The topological polar surface area (TPSA) is 35.5 Å². The first-order valence-corrected chi connectivity index (χ1v) is 8.49. The molecule has 6 heteroatoms. The Labute approximate surface area is 158 Å². The Hall–Kier alpha value is -2.11. The van der Waals surface area contributed by atoms with Gasteiger partial charge in [-0.1, -0.05) is 42.5 Å². The molecule has 25 heavy (non-hydrogen) atoms. The SMILES string of the molecule is C=CCOC(=O)/C=C/c1cc(Cl)c(OCc2ccccc2F)c(Br)c1. The van der Waals surface area contributed by atoms with Crippen molar-refractivity contribution in [3.05, 3.63) is 81.6 Å². The van der Waals surface area contributed by atoms with Crippen LogP contribution >= 0.6 is 27.5 Å². The van der Waals surface area contributed by atoms with Crippen molar-refractivity contribution in [3.8, 4) is 5.75 Å². The summed E-state index contributed by atoms with van der Waals surface area (Å²) in [6.07, 6.45) is 4.35. The van der Waals surface area contributed by atoms with E-state index in [4.69, 9.17) is 21.1 Å². The fourth-order valence-electron chi connectivity index (χ4n) is 1.93. The first kappa shape index (κ1) is 19.2. The highest BCUT2D eigenvalue weighted by atomic mass is 79.9. The smallest absolute Gasteiger partial charge is 0.331 e.